The molecule has 0 saturated carbocycles. The summed E-state index contributed by atoms with van der Waals surface area (Å²) in [5.41, 5.74) is 3.51. The predicted octanol–water partition coefficient (Wildman–Crippen LogP) is 2.32. The summed E-state index contributed by atoms with van der Waals surface area (Å²) in [5, 5.41) is 6.39. The summed E-state index contributed by atoms with van der Waals surface area (Å²) in [4.78, 5) is 18.0. The Labute approximate surface area is 149 Å². The zero-order valence-electron chi connectivity index (χ0n) is 15.1. The highest BCUT2D eigenvalue weighted by molar-refractivity contribution is 5.86. The summed E-state index contributed by atoms with van der Waals surface area (Å²) in [6, 6.07) is 18.4. The van der Waals surface area contributed by atoms with E-state index in [4.69, 9.17) is 0 Å². The maximum absolute atomic E-state index is 11.8. The number of nitrogens with zero attached hydrogens (tertiary/aromatic N) is 2. The Morgan fingerprint density at radius 1 is 1.00 bits per heavy atom. The number of carbonyl (C=O) groups excluding carboxylic acids is 1. The van der Waals surface area contributed by atoms with Gasteiger partial charge in [-0.25, -0.2) is 4.99 Å². The molecule has 5 nitrogen and oxygen atoms in total. The quantitative estimate of drug-likeness (QED) is 0.628. The smallest absolute Gasteiger partial charge is 0.241 e. The van der Waals surface area contributed by atoms with Crippen molar-refractivity contribution in [3.63, 3.8) is 0 Å². The molecule has 132 valence electrons. The highest BCUT2D eigenvalue weighted by atomic mass is 16.2. The number of amides is 1. The van der Waals surface area contributed by atoms with Crippen molar-refractivity contribution in [1.29, 1.82) is 0 Å². The summed E-state index contributed by atoms with van der Waals surface area (Å²) in [7, 11) is 3.48. The number of aliphatic imine (C=N–C) groups is 1. The molecular formula is C20H26N4O. The fraction of sp³-hybridized carbons (Fsp3) is 0.300. The maximum Gasteiger partial charge on any atom is 0.241 e. The van der Waals surface area contributed by atoms with Gasteiger partial charge in [0.1, 0.15) is 0 Å². The van der Waals surface area contributed by atoms with Crippen LogP contribution in [0.5, 0.6) is 0 Å². The van der Waals surface area contributed by atoms with Gasteiger partial charge < -0.3 is 15.5 Å². The van der Waals surface area contributed by atoms with Crippen molar-refractivity contribution in [3.05, 3.63) is 71.3 Å². The Morgan fingerprint density at radius 3 is 2.40 bits per heavy atom. The Balaban J connectivity index is 2.01. The van der Waals surface area contributed by atoms with Crippen LogP contribution in [0.25, 0.3) is 0 Å². The van der Waals surface area contributed by atoms with E-state index in [1.807, 2.05) is 24.3 Å². The number of hydrogen-bond donors (Lipinski definition) is 2. The predicted molar refractivity (Wildman–Crippen MR) is 102 cm³/mol. The van der Waals surface area contributed by atoms with Gasteiger partial charge in [-0.05, 0) is 18.1 Å². The Bertz CT molecular complexity index is 711. The van der Waals surface area contributed by atoms with Crippen LogP contribution in [0.4, 0.5) is 0 Å². The number of guanidine groups is 1. The molecule has 2 rings (SSSR count). The molecule has 0 radical (unpaired) electrons. The van der Waals surface area contributed by atoms with Crippen molar-refractivity contribution in [2.24, 2.45) is 4.99 Å². The van der Waals surface area contributed by atoms with E-state index in [9.17, 15) is 4.79 Å². The monoisotopic (exact) mass is 338 g/mol. The van der Waals surface area contributed by atoms with Crippen molar-refractivity contribution in [2.75, 3.05) is 20.6 Å². The third-order valence-corrected chi connectivity index (χ3v) is 3.71. The van der Waals surface area contributed by atoms with Crippen molar-refractivity contribution in [1.82, 2.24) is 15.5 Å². The number of likely N-dealkylation sites (N-methyl/N-ethyl adjacent to an activating group) is 1. The van der Waals surface area contributed by atoms with E-state index < -0.39 is 0 Å². The molecule has 0 unspecified atom stereocenters. The van der Waals surface area contributed by atoms with Crippen LogP contribution in [0.3, 0.4) is 0 Å². The summed E-state index contributed by atoms with van der Waals surface area (Å²) < 4.78 is 0. The molecule has 0 bridgehead atoms. The lowest BCUT2D eigenvalue weighted by atomic mass is 10.1. The van der Waals surface area contributed by atoms with Crippen molar-refractivity contribution in [3.8, 4) is 0 Å². The molecule has 1 amide bonds. The minimum absolute atomic E-state index is 0.00441. The fourth-order valence-corrected chi connectivity index (χ4v) is 2.25. The topological polar surface area (TPSA) is 56.7 Å². The fourth-order valence-electron chi connectivity index (χ4n) is 2.25. The highest BCUT2D eigenvalue weighted by Crippen LogP contribution is 2.05. The van der Waals surface area contributed by atoms with Gasteiger partial charge in [-0.15, -0.1) is 0 Å². The number of rotatable bonds is 6. The maximum atomic E-state index is 11.8. The van der Waals surface area contributed by atoms with Crippen LogP contribution in [0.2, 0.25) is 0 Å². The lowest BCUT2D eigenvalue weighted by molar-refractivity contribution is -0.127. The summed E-state index contributed by atoms with van der Waals surface area (Å²) in [6.07, 6.45) is 0. The van der Waals surface area contributed by atoms with E-state index in [1.54, 1.807) is 19.0 Å². The van der Waals surface area contributed by atoms with E-state index in [0.717, 1.165) is 11.1 Å². The first kappa shape index (κ1) is 18.5. The van der Waals surface area contributed by atoms with Crippen molar-refractivity contribution < 1.29 is 4.79 Å². The van der Waals surface area contributed by atoms with Crippen molar-refractivity contribution in [2.45, 2.75) is 20.0 Å². The normalized spacial score (nSPS) is 11.1. The first-order valence-electron chi connectivity index (χ1n) is 8.36. The van der Waals surface area contributed by atoms with Crippen LogP contribution >= 0.6 is 0 Å². The minimum Gasteiger partial charge on any atom is -0.352 e. The average Bonchev–Trinajstić information content (AvgIpc) is 2.61. The molecule has 0 aliphatic heterocycles. The van der Waals surface area contributed by atoms with Crippen LogP contribution < -0.4 is 10.6 Å². The lowest BCUT2D eigenvalue weighted by Gasteiger charge is -2.15. The average molecular weight is 338 g/mol. The van der Waals surface area contributed by atoms with Gasteiger partial charge in [-0.1, -0.05) is 60.2 Å². The second-order valence-corrected chi connectivity index (χ2v) is 6.13. The zero-order valence-corrected chi connectivity index (χ0v) is 15.1. The molecule has 0 spiro atoms. The van der Waals surface area contributed by atoms with E-state index in [2.05, 4.69) is 52.9 Å². The van der Waals surface area contributed by atoms with Crippen LogP contribution in [0.15, 0.2) is 59.6 Å². The molecule has 2 aromatic rings. The molecule has 0 saturated heterocycles. The molecule has 0 heterocycles. The summed E-state index contributed by atoms with van der Waals surface area (Å²) in [6.45, 7) is 3.48. The Morgan fingerprint density at radius 2 is 1.72 bits per heavy atom. The second-order valence-electron chi connectivity index (χ2n) is 6.13. The number of aryl methyl sites for hydroxylation is 1. The van der Waals surface area contributed by atoms with Gasteiger partial charge in [0.15, 0.2) is 5.96 Å². The van der Waals surface area contributed by atoms with E-state index in [1.165, 1.54) is 5.56 Å². The SMILES string of the molecule is Cc1cccc(CN=C(NCC(=O)N(C)C)NCc2ccccc2)c1. The summed E-state index contributed by atoms with van der Waals surface area (Å²) in [5.74, 6) is 0.630. The standard InChI is InChI=1S/C20H26N4O/c1-16-8-7-11-18(12-16)14-22-20(23-15-19(25)24(2)3)21-13-17-9-5-4-6-10-17/h4-12H,13-15H2,1-3H3,(H2,21,22,23). The molecule has 25 heavy (non-hydrogen) atoms. The second kappa shape index (κ2) is 9.47. The van der Waals surface area contributed by atoms with Gasteiger partial charge in [-0.2, -0.15) is 0 Å². The van der Waals surface area contributed by atoms with Gasteiger partial charge in [0, 0.05) is 20.6 Å². The molecule has 2 aromatic carbocycles. The number of nitrogens with one attached hydrogen (secondary N) is 2. The zero-order chi connectivity index (χ0) is 18.1. The first-order chi connectivity index (χ1) is 12.0. The van der Waals surface area contributed by atoms with Crippen LogP contribution in [0.1, 0.15) is 16.7 Å². The number of hydrogen-bond acceptors (Lipinski definition) is 2. The molecule has 0 aliphatic carbocycles. The van der Waals surface area contributed by atoms with Crippen molar-refractivity contribution >= 4 is 11.9 Å². The summed E-state index contributed by atoms with van der Waals surface area (Å²) >= 11 is 0. The molecule has 0 atom stereocenters. The van der Waals surface area contributed by atoms with E-state index in [0.29, 0.717) is 19.0 Å². The minimum atomic E-state index is 0.00441. The molecule has 2 N–H and O–H groups in total. The lowest BCUT2D eigenvalue weighted by Crippen LogP contribution is -2.42. The van der Waals surface area contributed by atoms with E-state index >= 15 is 0 Å². The van der Waals surface area contributed by atoms with Gasteiger partial charge in [0.25, 0.3) is 0 Å². The van der Waals surface area contributed by atoms with Gasteiger partial charge in [-0.3, -0.25) is 4.79 Å². The van der Waals surface area contributed by atoms with Gasteiger partial charge in [0.2, 0.25) is 5.91 Å². The Kier molecular flexibility index (Phi) is 7.01. The number of carbonyl (C=O) groups is 1. The molecular weight excluding hydrogens is 312 g/mol. The van der Waals surface area contributed by atoms with E-state index in [-0.39, 0.29) is 12.5 Å². The number of benzene rings is 2. The van der Waals surface area contributed by atoms with Crippen LogP contribution in [0, 0.1) is 6.92 Å². The molecule has 0 aliphatic rings. The molecule has 5 heteroatoms. The molecule has 0 aromatic heterocycles. The third-order valence-electron chi connectivity index (χ3n) is 3.71. The Hall–Kier alpha value is -2.82. The largest absolute Gasteiger partial charge is 0.352 e. The first-order valence-corrected chi connectivity index (χ1v) is 8.36. The van der Waals surface area contributed by atoms with Gasteiger partial charge >= 0.3 is 0 Å². The third kappa shape index (κ3) is 6.67. The van der Waals surface area contributed by atoms with Gasteiger partial charge in [0.05, 0.1) is 13.1 Å². The van der Waals surface area contributed by atoms with Crippen LogP contribution in [-0.2, 0) is 17.9 Å². The molecule has 0 fully saturated rings. The van der Waals surface area contributed by atoms with Crippen LogP contribution in [-0.4, -0.2) is 37.4 Å². The highest BCUT2D eigenvalue weighted by Gasteiger charge is 2.06.